The molecule has 2 N–H and O–H groups in total. The maximum absolute atomic E-state index is 12.9. The maximum atomic E-state index is 12.9. The number of aromatic nitrogens is 2. The van der Waals surface area contributed by atoms with Crippen LogP contribution in [-0.4, -0.2) is 15.9 Å². The van der Waals surface area contributed by atoms with Gasteiger partial charge in [-0.2, -0.15) is 0 Å². The first-order valence-electron chi connectivity index (χ1n) is 8.98. The lowest BCUT2D eigenvalue weighted by atomic mass is 9.87. The number of fused-ring (bicyclic) bond motifs is 1. The summed E-state index contributed by atoms with van der Waals surface area (Å²) in [6, 6.07) is 13.2. The first-order chi connectivity index (χ1) is 13.9. The largest absolute Gasteiger partial charge is 0.310 e. The summed E-state index contributed by atoms with van der Waals surface area (Å²) in [7, 11) is 0. The molecule has 1 amide bonds. The van der Waals surface area contributed by atoms with E-state index in [4.69, 9.17) is 23.2 Å². The molecule has 0 saturated carbocycles. The van der Waals surface area contributed by atoms with Crippen LogP contribution in [0.15, 0.2) is 52.4 Å². The fraction of sp³-hybridized carbons (Fsp3) is 0.190. The van der Waals surface area contributed by atoms with E-state index < -0.39 is 5.92 Å². The number of benzene rings is 2. The fourth-order valence-corrected chi connectivity index (χ4v) is 4.66. The smallest absolute Gasteiger partial charge is 0.257 e. The van der Waals surface area contributed by atoms with Crippen LogP contribution in [0.2, 0.25) is 10.0 Å². The minimum Gasteiger partial charge on any atom is -0.310 e. The number of rotatable bonds is 4. The summed E-state index contributed by atoms with van der Waals surface area (Å²) >= 11 is 13.7. The zero-order chi connectivity index (χ0) is 20.5. The van der Waals surface area contributed by atoms with Crippen molar-refractivity contribution in [1.82, 2.24) is 9.97 Å². The van der Waals surface area contributed by atoms with Crippen molar-refractivity contribution in [2.24, 2.45) is 0 Å². The third-order valence-electron chi connectivity index (χ3n) is 4.76. The minimum atomic E-state index is -0.476. The summed E-state index contributed by atoms with van der Waals surface area (Å²) in [6.45, 7) is 2.03. The van der Waals surface area contributed by atoms with Crippen LogP contribution in [0.5, 0.6) is 0 Å². The molecule has 1 unspecified atom stereocenters. The van der Waals surface area contributed by atoms with Gasteiger partial charge in [0.25, 0.3) is 5.56 Å². The number of hydrogen-bond donors (Lipinski definition) is 2. The van der Waals surface area contributed by atoms with Gasteiger partial charge >= 0.3 is 0 Å². The van der Waals surface area contributed by atoms with Crippen molar-refractivity contribution in [2.75, 3.05) is 5.32 Å². The Morgan fingerprint density at radius 2 is 1.90 bits per heavy atom. The molecule has 3 aromatic rings. The monoisotopic (exact) mass is 445 g/mol. The summed E-state index contributed by atoms with van der Waals surface area (Å²) in [4.78, 5) is 32.5. The number of aryl methyl sites for hydroxylation is 1. The van der Waals surface area contributed by atoms with Crippen molar-refractivity contribution in [1.29, 1.82) is 0 Å². The second-order valence-corrected chi connectivity index (χ2v) is 8.69. The van der Waals surface area contributed by atoms with Crippen LogP contribution in [-0.2, 0) is 10.5 Å². The number of anilines is 1. The topological polar surface area (TPSA) is 74.8 Å². The van der Waals surface area contributed by atoms with Crippen LogP contribution in [0.1, 0.15) is 34.6 Å². The minimum absolute atomic E-state index is 0.120. The molecular formula is C21H17Cl2N3O2S. The molecule has 1 aliphatic heterocycles. The van der Waals surface area contributed by atoms with Gasteiger partial charge in [-0.05, 0) is 30.2 Å². The van der Waals surface area contributed by atoms with Gasteiger partial charge in [0.15, 0.2) is 5.16 Å². The van der Waals surface area contributed by atoms with Crippen LogP contribution in [0.3, 0.4) is 0 Å². The predicted octanol–water partition coefficient (Wildman–Crippen LogP) is 5.15. The van der Waals surface area contributed by atoms with E-state index in [1.54, 1.807) is 18.2 Å². The van der Waals surface area contributed by atoms with Crippen molar-refractivity contribution in [2.45, 2.75) is 30.2 Å². The number of halogens is 2. The molecule has 0 spiro atoms. The van der Waals surface area contributed by atoms with E-state index in [-0.39, 0.29) is 23.7 Å². The van der Waals surface area contributed by atoms with Crippen LogP contribution in [0.25, 0.3) is 0 Å². The van der Waals surface area contributed by atoms with E-state index in [1.165, 1.54) is 17.3 Å². The lowest BCUT2D eigenvalue weighted by Crippen LogP contribution is -2.31. The van der Waals surface area contributed by atoms with E-state index in [0.29, 0.717) is 32.1 Å². The molecule has 0 bridgehead atoms. The number of aromatic amines is 1. The third kappa shape index (κ3) is 4.34. The van der Waals surface area contributed by atoms with Crippen molar-refractivity contribution in [3.8, 4) is 0 Å². The van der Waals surface area contributed by atoms with Gasteiger partial charge in [0.05, 0.1) is 5.56 Å². The van der Waals surface area contributed by atoms with Gasteiger partial charge in [-0.15, -0.1) is 0 Å². The molecule has 0 radical (unpaired) electrons. The number of nitrogens with zero attached hydrogens (tertiary/aromatic N) is 1. The Balaban J connectivity index is 1.66. The highest BCUT2D eigenvalue weighted by molar-refractivity contribution is 7.98. The highest BCUT2D eigenvalue weighted by Gasteiger charge is 2.32. The SMILES string of the molecule is Cc1ccc(CSc2nc3c(c(=O)[nH]2)C(c2ccc(Cl)cc2Cl)CC(=O)N3)cc1. The van der Waals surface area contributed by atoms with Gasteiger partial charge in [-0.1, -0.05) is 70.9 Å². The van der Waals surface area contributed by atoms with E-state index in [1.807, 2.05) is 31.2 Å². The quantitative estimate of drug-likeness (QED) is 0.429. The Hall–Kier alpha value is -2.28. The number of hydrogen-bond acceptors (Lipinski definition) is 4. The maximum Gasteiger partial charge on any atom is 0.257 e. The molecule has 1 aromatic heterocycles. The van der Waals surface area contributed by atoms with Crippen molar-refractivity contribution in [3.63, 3.8) is 0 Å². The Labute approximate surface area is 181 Å². The zero-order valence-corrected chi connectivity index (χ0v) is 17.8. The first kappa shape index (κ1) is 20.0. The fourth-order valence-electron chi connectivity index (χ4n) is 3.30. The summed E-state index contributed by atoms with van der Waals surface area (Å²) in [6.07, 6.45) is 0.120. The van der Waals surface area contributed by atoms with Gasteiger partial charge in [0.2, 0.25) is 5.91 Å². The lowest BCUT2D eigenvalue weighted by Gasteiger charge is -2.25. The average Bonchev–Trinajstić information content (AvgIpc) is 2.66. The van der Waals surface area contributed by atoms with Crippen molar-refractivity contribution in [3.05, 3.63) is 85.1 Å². The van der Waals surface area contributed by atoms with E-state index >= 15 is 0 Å². The molecule has 29 heavy (non-hydrogen) atoms. The molecule has 2 heterocycles. The van der Waals surface area contributed by atoms with Crippen molar-refractivity contribution < 1.29 is 4.79 Å². The number of nitrogens with one attached hydrogen (secondary N) is 2. The molecular weight excluding hydrogens is 429 g/mol. The molecule has 1 atom stereocenters. The Morgan fingerprint density at radius 1 is 1.14 bits per heavy atom. The molecule has 8 heteroatoms. The van der Waals surface area contributed by atoms with Gasteiger partial charge in [-0.3, -0.25) is 9.59 Å². The van der Waals surface area contributed by atoms with Gasteiger partial charge < -0.3 is 10.3 Å². The molecule has 2 aromatic carbocycles. The second kappa shape index (κ2) is 8.22. The van der Waals surface area contributed by atoms with Gasteiger partial charge in [0, 0.05) is 28.1 Å². The summed E-state index contributed by atoms with van der Waals surface area (Å²) < 4.78 is 0. The molecule has 0 aliphatic carbocycles. The lowest BCUT2D eigenvalue weighted by molar-refractivity contribution is -0.116. The molecule has 1 aliphatic rings. The Bertz CT molecular complexity index is 1150. The van der Waals surface area contributed by atoms with E-state index in [9.17, 15) is 9.59 Å². The summed E-state index contributed by atoms with van der Waals surface area (Å²) in [5.41, 5.74) is 3.12. The molecule has 4 rings (SSSR count). The van der Waals surface area contributed by atoms with Crippen LogP contribution in [0.4, 0.5) is 5.82 Å². The van der Waals surface area contributed by atoms with E-state index in [2.05, 4.69) is 15.3 Å². The second-order valence-electron chi connectivity index (χ2n) is 6.88. The van der Waals surface area contributed by atoms with Crippen molar-refractivity contribution >= 4 is 46.7 Å². The molecule has 0 fully saturated rings. The summed E-state index contributed by atoms with van der Waals surface area (Å²) in [5, 5.41) is 4.09. The highest BCUT2D eigenvalue weighted by Crippen LogP contribution is 2.38. The standard InChI is InChI=1S/C21H17Cl2N3O2S/c1-11-2-4-12(5-3-11)10-29-21-25-19-18(20(28)26-21)15(9-17(27)24-19)14-7-6-13(22)8-16(14)23/h2-8,15H,9-10H2,1H3,(H2,24,25,26,27,28). The number of thioether (sulfide) groups is 1. The molecule has 0 saturated heterocycles. The van der Waals surface area contributed by atoms with Gasteiger partial charge in [0.1, 0.15) is 5.82 Å². The Kier molecular flexibility index (Phi) is 5.67. The van der Waals surface area contributed by atoms with Crippen LogP contribution in [0, 0.1) is 6.92 Å². The third-order valence-corrected chi connectivity index (χ3v) is 6.27. The van der Waals surface area contributed by atoms with Gasteiger partial charge in [-0.25, -0.2) is 4.98 Å². The first-order valence-corrected chi connectivity index (χ1v) is 10.7. The Morgan fingerprint density at radius 3 is 2.62 bits per heavy atom. The number of H-pyrrole nitrogens is 1. The number of carbonyl (C=O) groups is 1. The predicted molar refractivity (Wildman–Crippen MR) is 117 cm³/mol. The van der Waals surface area contributed by atoms with Crippen LogP contribution < -0.4 is 10.9 Å². The average molecular weight is 446 g/mol. The molecule has 148 valence electrons. The normalized spacial score (nSPS) is 15.7. The number of carbonyl (C=O) groups excluding carboxylic acids is 1. The number of amides is 1. The molecule has 5 nitrogen and oxygen atoms in total. The zero-order valence-electron chi connectivity index (χ0n) is 15.5. The van der Waals surface area contributed by atoms with Crippen LogP contribution >= 0.6 is 35.0 Å². The van der Waals surface area contributed by atoms with E-state index in [0.717, 1.165) is 5.56 Å². The summed E-state index contributed by atoms with van der Waals surface area (Å²) in [5.74, 6) is 0.256. The highest BCUT2D eigenvalue weighted by atomic mass is 35.5.